The van der Waals surface area contributed by atoms with Crippen LogP contribution in [0.25, 0.3) is 22.3 Å². The summed E-state index contributed by atoms with van der Waals surface area (Å²) in [5, 5.41) is 3.10. The molecule has 0 N–H and O–H groups in total. The monoisotopic (exact) mass is 300 g/mol. The smallest absolute Gasteiger partial charge is 0.0623 e. The molecule has 0 aromatic heterocycles. The fraction of sp³-hybridized carbons (Fsp3) is 0.143. The van der Waals surface area contributed by atoms with E-state index in [1.807, 2.05) is 0 Å². The van der Waals surface area contributed by atoms with Crippen molar-refractivity contribution >= 4 is 18.4 Å². The van der Waals surface area contributed by atoms with E-state index in [-0.39, 0.29) is 0 Å². The summed E-state index contributed by atoms with van der Waals surface area (Å²) in [6, 6.07) is 24.7. The molecule has 3 aromatic carbocycles. The number of hydrogen-bond acceptors (Lipinski definition) is 0. The summed E-state index contributed by atoms with van der Waals surface area (Å²) in [5.41, 5.74) is 7.04. The summed E-state index contributed by atoms with van der Waals surface area (Å²) >= 11 is 0. The molecule has 0 nitrogen and oxygen atoms in total. The highest BCUT2D eigenvalue weighted by Crippen LogP contribution is 2.37. The molecule has 0 bridgehead atoms. The molecular formula is C21H20Si. The number of aryl methyl sites for hydroxylation is 1. The van der Waals surface area contributed by atoms with Crippen LogP contribution in [-0.4, -0.2) is 8.07 Å². The first-order valence-electron chi connectivity index (χ1n) is 7.90. The largest absolute Gasteiger partial charge is 0.113 e. The van der Waals surface area contributed by atoms with E-state index >= 15 is 0 Å². The Hall–Kier alpha value is -2.12. The zero-order valence-electron chi connectivity index (χ0n) is 13.4. The minimum Gasteiger partial charge on any atom is -0.0623 e. The van der Waals surface area contributed by atoms with E-state index < -0.39 is 8.07 Å². The summed E-state index contributed by atoms with van der Waals surface area (Å²) in [6.45, 7) is 7.19. The lowest BCUT2D eigenvalue weighted by Gasteiger charge is -2.25. The van der Waals surface area contributed by atoms with Crippen LogP contribution in [0.5, 0.6) is 0 Å². The van der Waals surface area contributed by atoms with Gasteiger partial charge in [-0.05, 0) is 45.1 Å². The number of fused-ring (bicyclic) bond motifs is 5. The molecule has 0 spiro atoms. The van der Waals surface area contributed by atoms with Gasteiger partial charge in [-0.2, -0.15) is 0 Å². The maximum atomic E-state index is 2.48. The molecule has 3 aromatic rings. The molecule has 0 amide bonds. The Kier molecular flexibility index (Phi) is 2.88. The van der Waals surface area contributed by atoms with Crippen molar-refractivity contribution in [2.45, 2.75) is 20.0 Å². The van der Waals surface area contributed by atoms with Crippen molar-refractivity contribution in [2.75, 3.05) is 0 Å². The number of rotatable bonds is 0. The fourth-order valence-corrected chi connectivity index (χ4v) is 6.99. The van der Waals surface area contributed by atoms with Gasteiger partial charge in [0.25, 0.3) is 0 Å². The van der Waals surface area contributed by atoms with Gasteiger partial charge in [0.15, 0.2) is 0 Å². The molecule has 0 saturated carbocycles. The van der Waals surface area contributed by atoms with Crippen LogP contribution < -0.4 is 10.4 Å². The van der Waals surface area contributed by atoms with Crippen LogP contribution in [-0.2, 0) is 0 Å². The van der Waals surface area contributed by atoms with Crippen molar-refractivity contribution < 1.29 is 0 Å². The predicted molar refractivity (Wildman–Crippen MR) is 98.8 cm³/mol. The third-order valence-electron chi connectivity index (χ3n) is 5.03. The topological polar surface area (TPSA) is 0 Å². The van der Waals surface area contributed by atoms with E-state index in [0.29, 0.717) is 0 Å². The SMILES string of the molecule is Cc1cccc2c1-c1ccccc1[Si](C)(C)c1ccccc1-2. The Morgan fingerprint density at radius 3 is 1.86 bits per heavy atom. The normalized spacial score (nSPS) is 14.5. The number of benzene rings is 3. The summed E-state index contributed by atoms with van der Waals surface area (Å²) in [5.74, 6) is 0. The van der Waals surface area contributed by atoms with Crippen molar-refractivity contribution in [1.29, 1.82) is 0 Å². The number of hydrogen-bond donors (Lipinski definition) is 0. The molecule has 1 aliphatic heterocycles. The average Bonchev–Trinajstić information content (AvgIpc) is 2.62. The lowest BCUT2D eigenvalue weighted by molar-refractivity contribution is 1.46. The van der Waals surface area contributed by atoms with Gasteiger partial charge in [-0.3, -0.25) is 0 Å². The van der Waals surface area contributed by atoms with E-state index in [1.165, 1.54) is 27.8 Å². The zero-order chi connectivity index (χ0) is 15.3. The van der Waals surface area contributed by atoms with Gasteiger partial charge in [-0.25, -0.2) is 0 Å². The second-order valence-electron chi connectivity index (χ2n) is 6.71. The van der Waals surface area contributed by atoms with Crippen molar-refractivity contribution in [2.24, 2.45) is 0 Å². The fourth-order valence-electron chi connectivity index (χ4n) is 3.90. The minimum atomic E-state index is -1.70. The highest BCUT2D eigenvalue weighted by molar-refractivity contribution is 7.02. The van der Waals surface area contributed by atoms with Crippen LogP contribution in [0, 0.1) is 6.92 Å². The van der Waals surface area contributed by atoms with Crippen molar-refractivity contribution in [3.8, 4) is 22.3 Å². The van der Waals surface area contributed by atoms with Crippen LogP contribution in [0.1, 0.15) is 5.56 Å². The molecule has 0 radical (unpaired) electrons. The van der Waals surface area contributed by atoms with E-state index in [4.69, 9.17) is 0 Å². The van der Waals surface area contributed by atoms with Crippen LogP contribution in [0.15, 0.2) is 66.7 Å². The summed E-state index contributed by atoms with van der Waals surface area (Å²) in [6.07, 6.45) is 0. The molecule has 1 heterocycles. The van der Waals surface area contributed by atoms with Gasteiger partial charge in [-0.15, -0.1) is 0 Å². The zero-order valence-corrected chi connectivity index (χ0v) is 14.4. The van der Waals surface area contributed by atoms with Gasteiger partial charge >= 0.3 is 0 Å². The summed E-state index contributed by atoms with van der Waals surface area (Å²) in [4.78, 5) is 0. The van der Waals surface area contributed by atoms with Gasteiger partial charge in [-0.1, -0.05) is 79.8 Å². The lowest BCUT2D eigenvalue weighted by atomic mass is 9.91. The molecule has 0 fully saturated rings. The molecule has 108 valence electrons. The van der Waals surface area contributed by atoms with Gasteiger partial charge in [0.05, 0.1) is 0 Å². The third-order valence-corrected chi connectivity index (χ3v) is 8.60. The van der Waals surface area contributed by atoms with Gasteiger partial charge in [0.1, 0.15) is 8.07 Å². The Labute approximate surface area is 133 Å². The second-order valence-corrected chi connectivity index (χ2v) is 11.0. The molecule has 1 heteroatoms. The molecule has 0 atom stereocenters. The predicted octanol–water partition coefficient (Wildman–Crippen LogP) is 4.47. The highest BCUT2D eigenvalue weighted by atomic mass is 28.3. The van der Waals surface area contributed by atoms with E-state index in [1.54, 1.807) is 10.4 Å². The molecule has 0 unspecified atom stereocenters. The molecule has 1 aliphatic rings. The van der Waals surface area contributed by atoms with Crippen molar-refractivity contribution in [1.82, 2.24) is 0 Å². The maximum absolute atomic E-state index is 2.48. The molecule has 0 aliphatic carbocycles. The summed E-state index contributed by atoms with van der Waals surface area (Å²) < 4.78 is 0. The van der Waals surface area contributed by atoms with Crippen LogP contribution >= 0.6 is 0 Å². The molecule has 0 saturated heterocycles. The Bertz CT molecular complexity index is 875. The first-order chi connectivity index (χ1) is 10.6. The Balaban J connectivity index is 2.24. The van der Waals surface area contributed by atoms with E-state index in [2.05, 4.69) is 86.7 Å². The standard InChI is InChI=1S/C21H20Si/c1-15-9-8-12-17-16-10-4-6-13-19(16)22(2,3)20-14-7-5-11-18(20)21(15)17/h4-14H,1-3H3. The highest BCUT2D eigenvalue weighted by Gasteiger charge is 2.34. The Morgan fingerprint density at radius 1 is 0.591 bits per heavy atom. The minimum absolute atomic E-state index is 1.37. The quantitative estimate of drug-likeness (QED) is 0.538. The van der Waals surface area contributed by atoms with Crippen molar-refractivity contribution in [3.63, 3.8) is 0 Å². The van der Waals surface area contributed by atoms with Gasteiger partial charge in [0, 0.05) is 0 Å². The molecule has 22 heavy (non-hydrogen) atoms. The van der Waals surface area contributed by atoms with Gasteiger partial charge < -0.3 is 0 Å². The first-order valence-corrected chi connectivity index (χ1v) is 10.9. The van der Waals surface area contributed by atoms with Crippen LogP contribution in [0.4, 0.5) is 0 Å². The van der Waals surface area contributed by atoms with Crippen LogP contribution in [0.2, 0.25) is 13.1 Å². The van der Waals surface area contributed by atoms with E-state index in [9.17, 15) is 0 Å². The van der Waals surface area contributed by atoms with E-state index in [0.717, 1.165) is 0 Å². The average molecular weight is 300 g/mol. The second kappa shape index (κ2) is 4.69. The first kappa shape index (κ1) is 13.5. The summed E-state index contributed by atoms with van der Waals surface area (Å²) in [7, 11) is -1.70. The van der Waals surface area contributed by atoms with Gasteiger partial charge in [0.2, 0.25) is 0 Å². The lowest BCUT2D eigenvalue weighted by Crippen LogP contribution is -2.53. The molecule has 4 rings (SSSR count). The van der Waals surface area contributed by atoms with Crippen molar-refractivity contribution in [3.05, 3.63) is 72.3 Å². The Morgan fingerprint density at radius 2 is 1.14 bits per heavy atom. The van der Waals surface area contributed by atoms with Crippen LogP contribution in [0.3, 0.4) is 0 Å². The third kappa shape index (κ3) is 1.75. The maximum Gasteiger partial charge on any atom is 0.113 e. The molecular weight excluding hydrogens is 280 g/mol.